The van der Waals surface area contributed by atoms with Crippen LogP contribution in [-0.4, -0.2) is 0 Å². The van der Waals surface area contributed by atoms with Crippen LogP contribution in [-0.2, 0) is 0 Å². The standard InChI is InChI=1S/C14H26/c1-3-5-12-7-9-14(10-8-12)11-13(14)6-4-2/h12-13H,3-11H2,1-2H3. The van der Waals surface area contributed by atoms with Gasteiger partial charge in [0.25, 0.3) is 0 Å². The molecule has 2 saturated carbocycles. The zero-order valence-electron chi connectivity index (χ0n) is 10.0. The Bertz CT molecular complexity index is 174. The fourth-order valence-corrected chi connectivity index (χ4v) is 3.75. The number of rotatable bonds is 4. The quantitative estimate of drug-likeness (QED) is 0.604. The highest BCUT2D eigenvalue weighted by atomic mass is 14.6. The van der Waals surface area contributed by atoms with Gasteiger partial charge < -0.3 is 0 Å². The Hall–Kier alpha value is 0. The summed E-state index contributed by atoms with van der Waals surface area (Å²) in [6.07, 6.45) is 13.6. The van der Waals surface area contributed by atoms with Gasteiger partial charge in [-0.2, -0.15) is 0 Å². The molecular weight excluding hydrogens is 168 g/mol. The molecule has 0 saturated heterocycles. The van der Waals surface area contributed by atoms with E-state index >= 15 is 0 Å². The van der Waals surface area contributed by atoms with E-state index < -0.39 is 0 Å². The van der Waals surface area contributed by atoms with Gasteiger partial charge in [-0.25, -0.2) is 0 Å². The Kier molecular flexibility index (Phi) is 3.19. The van der Waals surface area contributed by atoms with Gasteiger partial charge >= 0.3 is 0 Å². The first-order valence-corrected chi connectivity index (χ1v) is 6.80. The van der Waals surface area contributed by atoms with Gasteiger partial charge in [-0.3, -0.25) is 0 Å². The molecule has 14 heavy (non-hydrogen) atoms. The van der Waals surface area contributed by atoms with E-state index in [0.717, 1.165) is 17.3 Å². The zero-order chi connectivity index (χ0) is 10.0. The summed E-state index contributed by atoms with van der Waals surface area (Å²) in [6, 6.07) is 0. The minimum atomic E-state index is 0.875. The highest BCUT2D eigenvalue weighted by Crippen LogP contribution is 2.63. The molecule has 2 fully saturated rings. The maximum Gasteiger partial charge on any atom is -0.0266 e. The van der Waals surface area contributed by atoms with Gasteiger partial charge in [0.15, 0.2) is 0 Å². The van der Waals surface area contributed by atoms with Gasteiger partial charge in [0.05, 0.1) is 0 Å². The maximum atomic E-state index is 2.34. The van der Waals surface area contributed by atoms with E-state index in [2.05, 4.69) is 13.8 Å². The summed E-state index contributed by atoms with van der Waals surface area (Å²) < 4.78 is 0. The molecule has 82 valence electrons. The molecule has 0 heterocycles. The summed E-state index contributed by atoms with van der Waals surface area (Å²) in [5, 5.41) is 0. The van der Waals surface area contributed by atoms with Crippen molar-refractivity contribution in [2.24, 2.45) is 17.3 Å². The van der Waals surface area contributed by atoms with Crippen molar-refractivity contribution < 1.29 is 0 Å². The van der Waals surface area contributed by atoms with Crippen LogP contribution >= 0.6 is 0 Å². The third kappa shape index (κ3) is 1.99. The lowest BCUT2D eigenvalue weighted by Crippen LogP contribution is -2.17. The van der Waals surface area contributed by atoms with Crippen molar-refractivity contribution in [3.63, 3.8) is 0 Å². The van der Waals surface area contributed by atoms with Gasteiger partial charge in [-0.05, 0) is 49.4 Å². The van der Waals surface area contributed by atoms with Crippen molar-refractivity contribution in [1.29, 1.82) is 0 Å². The van der Waals surface area contributed by atoms with Crippen LogP contribution in [0.2, 0.25) is 0 Å². The highest BCUT2D eigenvalue weighted by Gasteiger charge is 2.53. The fourth-order valence-electron chi connectivity index (χ4n) is 3.75. The zero-order valence-corrected chi connectivity index (χ0v) is 10.0. The average molecular weight is 194 g/mol. The maximum absolute atomic E-state index is 2.34. The summed E-state index contributed by atoms with van der Waals surface area (Å²) in [5.74, 6) is 2.23. The molecule has 1 atom stereocenters. The Balaban J connectivity index is 1.74. The van der Waals surface area contributed by atoms with Crippen LogP contribution in [0.5, 0.6) is 0 Å². The molecule has 0 aliphatic heterocycles. The van der Waals surface area contributed by atoms with Crippen LogP contribution in [0, 0.1) is 17.3 Å². The molecule has 2 aliphatic carbocycles. The summed E-state index contributed by atoms with van der Waals surface area (Å²) >= 11 is 0. The van der Waals surface area contributed by atoms with Gasteiger partial charge in [0.1, 0.15) is 0 Å². The Labute approximate surface area is 89.5 Å². The van der Waals surface area contributed by atoms with Crippen LogP contribution < -0.4 is 0 Å². The van der Waals surface area contributed by atoms with E-state index in [1.54, 1.807) is 32.1 Å². The molecule has 0 N–H and O–H groups in total. The number of hydrogen-bond acceptors (Lipinski definition) is 0. The molecule has 0 heteroatoms. The minimum absolute atomic E-state index is 0.875. The molecule has 2 rings (SSSR count). The lowest BCUT2D eigenvalue weighted by atomic mass is 9.76. The summed E-state index contributed by atoms with van der Waals surface area (Å²) in [4.78, 5) is 0. The number of hydrogen-bond donors (Lipinski definition) is 0. The third-order valence-corrected chi connectivity index (χ3v) is 4.79. The largest absolute Gasteiger partial charge is 0.0654 e. The predicted octanol–water partition coefficient (Wildman–Crippen LogP) is 4.78. The first-order valence-electron chi connectivity index (χ1n) is 6.80. The molecule has 0 nitrogen and oxygen atoms in total. The minimum Gasteiger partial charge on any atom is -0.0654 e. The lowest BCUT2D eigenvalue weighted by Gasteiger charge is -2.29. The molecule has 0 radical (unpaired) electrons. The Morgan fingerprint density at radius 3 is 2.21 bits per heavy atom. The average Bonchev–Trinajstić information content (AvgIpc) is 2.85. The van der Waals surface area contributed by atoms with Crippen molar-refractivity contribution in [1.82, 2.24) is 0 Å². The second-order valence-electron chi connectivity index (χ2n) is 5.78. The van der Waals surface area contributed by atoms with Crippen molar-refractivity contribution >= 4 is 0 Å². The summed E-state index contributed by atoms with van der Waals surface area (Å²) in [6.45, 7) is 4.68. The van der Waals surface area contributed by atoms with E-state index in [1.807, 2.05) is 0 Å². The second-order valence-corrected chi connectivity index (χ2v) is 5.78. The van der Waals surface area contributed by atoms with Crippen molar-refractivity contribution in [2.75, 3.05) is 0 Å². The topological polar surface area (TPSA) is 0 Å². The second kappa shape index (κ2) is 4.24. The third-order valence-electron chi connectivity index (χ3n) is 4.79. The monoisotopic (exact) mass is 194 g/mol. The molecule has 2 aliphatic rings. The van der Waals surface area contributed by atoms with E-state index in [1.165, 1.54) is 25.7 Å². The van der Waals surface area contributed by atoms with Gasteiger partial charge in [-0.15, -0.1) is 0 Å². The summed E-state index contributed by atoms with van der Waals surface area (Å²) in [7, 11) is 0. The van der Waals surface area contributed by atoms with Crippen LogP contribution in [0.3, 0.4) is 0 Å². The van der Waals surface area contributed by atoms with Gasteiger partial charge in [0, 0.05) is 0 Å². The first kappa shape index (κ1) is 10.5. The molecule has 1 spiro atoms. The van der Waals surface area contributed by atoms with Crippen molar-refractivity contribution in [2.45, 2.75) is 71.6 Å². The normalized spacial score (nSPS) is 41.6. The predicted molar refractivity (Wildman–Crippen MR) is 62.3 cm³/mol. The van der Waals surface area contributed by atoms with E-state index in [9.17, 15) is 0 Å². The van der Waals surface area contributed by atoms with E-state index in [-0.39, 0.29) is 0 Å². The SMILES string of the molecule is CCCC1CCC2(CC1)CC2CCC. The molecule has 0 aromatic carbocycles. The van der Waals surface area contributed by atoms with Crippen molar-refractivity contribution in [3.05, 3.63) is 0 Å². The molecule has 0 aromatic rings. The highest BCUT2D eigenvalue weighted by molar-refractivity contribution is 5.03. The van der Waals surface area contributed by atoms with Gasteiger partial charge in [-0.1, -0.05) is 39.5 Å². The molecule has 0 bridgehead atoms. The Morgan fingerprint density at radius 2 is 1.64 bits per heavy atom. The Morgan fingerprint density at radius 1 is 1.00 bits per heavy atom. The fraction of sp³-hybridized carbons (Fsp3) is 1.00. The smallest absolute Gasteiger partial charge is 0.0266 e. The summed E-state index contributed by atoms with van der Waals surface area (Å²) in [5.41, 5.74) is 0.875. The molecular formula is C14H26. The van der Waals surface area contributed by atoms with Crippen LogP contribution in [0.25, 0.3) is 0 Å². The lowest BCUT2D eigenvalue weighted by molar-refractivity contribution is 0.226. The van der Waals surface area contributed by atoms with E-state index in [4.69, 9.17) is 0 Å². The molecule has 0 amide bonds. The van der Waals surface area contributed by atoms with Gasteiger partial charge in [0.2, 0.25) is 0 Å². The van der Waals surface area contributed by atoms with E-state index in [0.29, 0.717) is 0 Å². The van der Waals surface area contributed by atoms with Crippen LogP contribution in [0.15, 0.2) is 0 Å². The molecule has 0 aromatic heterocycles. The first-order chi connectivity index (χ1) is 6.80. The van der Waals surface area contributed by atoms with Crippen LogP contribution in [0.4, 0.5) is 0 Å². The molecule has 1 unspecified atom stereocenters. The van der Waals surface area contributed by atoms with Crippen molar-refractivity contribution in [3.8, 4) is 0 Å². The van der Waals surface area contributed by atoms with Crippen LogP contribution in [0.1, 0.15) is 71.6 Å².